The highest BCUT2D eigenvalue weighted by Crippen LogP contribution is 2.23. The summed E-state index contributed by atoms with van der Waals surface area (Å²) in [6.07, 6.45) is 0. The second-order valence-electron chi connectivity index (χ2n) is 5.59. The van der Waals surface area contributed by atoms with E-state index in [1.54, 1.807) is 42.8 Å². The Kier molecular flexibility index (Phi) is 5.46. The van der Waals surface area contributed by atoms with Gasteiger partial charge in [0.1, 0.15) is 4.90 Å². The smallest absolute Gasteiger partial charge is 0.244 e. The molecule has 0 aliphatic heterocycles. The number of nitrogens with zero attached hydrogens (tertiary/aromatic N) is 3. The number of rotatable bonds is 6. The molecule has 1 aromatic carbocycles. The van der Waals surface area contributed by atoms with Crippen LogP contribution in [-0.2, 0) is 10.0 Å². The number of hydrogen-bond acceptors (Lipinski definition) is 4. The van der Waals surface area contributed by atoms with Gasteiger partial charge < -0.3 is 4.90 Å². The Morgan fingerprint density at radius 1 is 1.22 bits per heavy atom. The summed E-state index contributed by atoms with van der Waals surface area (Å²) in [6, 6.07) is 7.10. The third kappa shape index (κ3) is 4.11. The molecule has 1 heterocycles. The zero-order chi connectivity index (χ0) is 17.2. The summed E-state index contributed by atoms with van der Waals surface area (Å²) in [6.45, 7) is 4.41. The predicted octanol–water partition coefficient (Wildman–Crippen LogP) is 1.98. The maximum atomic E-state index is 12.6. The van der Waals surface area contributed by atoms with E-state index in [1.807, 2.05) is 19.0 Å². The number of likely N-dealkylation sites (N-methyl/N-ethyl adjacent to an activating group) is 1. The maximum Gasteiger partial charge on any atom is 0.244 e. The van der Waals surface area contributed by atoms with Gasteiger partial charge in [-0.3, -0.25) is 0 Å². The van der Waals surface area contributed by atoms with Gasteiger partial charge in [-0.2, -0.15) is 5.10 Å². The topological polar surface area (TPSA) is 67.2 Å². The Labute approximate surface area is 142 Å². The number of aromatic nitrogens is 2. The second kappa shape index (κ2) is 7.00. The van der Waals surface area contributed by atoms with Crippen LogP contribution in [-0.4, -0.2) is 50.3 Å². The molecule has 1 N–H and O–H groups in total. The monoisotopic (exact) mass is 356 g/mol. The molecule has 0 unspecified atom stereocenters. The first-order chi connectivity index (χ1) is 10.7. The lowest BCUT2D eigenvalue weighted by atomic mass is 10.3. The number of sulfonamides is 1. The first kappa shape index (κ1) is 17.9. The lowest BCUT2D eigenvalue weighted by Crippen LogP contribution is -2.31. The van der Waals surface area contributed by atoms with Crippen molar-refractivity contribution in [1.82, 2.24) is 19.4 Å². The molecule has 0 spiro atoms. The lowest BCUT2D eigenvalue weighted by Gasteiger charge is -2.11. The van der Waals surface area contributed by atoms with Gasteiger partial charge in [0.05, 0.1) is 17.1 Å². The van der Waals surface area contributed by atoms with Crippen molar-refractivity contribution in [3.8, 4) is 5.69 Å². The van der Waals surface area contributed by atoms with Crippen molar-refractivity contribution in [2.24, 2.45) is 0 Å². The fourth-order valence-electron chi connectivity index (χ4n) is 2.33. The normalized spacial score (nSPS) is 12.1. The van der Waals surface area contributed by atoms with Crippen LogP contribution in [0.2, 0.25) is 5.02 Å². The number of halogens is 1. The van der Waals surface area contributed by atoms with Crippen LogP contribution in [0.15, 0.2) is 29.2 Å². The molecular weight excluding hydrogens is 336 g/mol. The standard InChI is InChI=1S/C15H21ClN4O2S/c1-11-15(23(21,22)17-9-10-19(3)4)12(2)20(18-11)14-7-5-13(16)6-8-14/h5-8,17H,9-10H2,1-4H3. The highest BCUT2D eigenvalue weighted by molar-refractivity contribution is 7.89. The van der Waals surface area contributed by atoms with Gasteiger partial charge in [-0.05, 0) is 52.2 Å². The summed E-state index contributed by atoms with van der Waals surface area (Å²) in [5, 5.41) is 4.98. The van der Waals surface area contributed by atoms with Gasteiger partial charge in [0.25, 0.3) is 0 Å². The second-order valence-corrected chi connectivity index (χ2v) is 7.73. The molecule has 6 nitrogen and oxygen atoms in total. The van der Waals surface area contributed by atoms with Crippen LogP contribution < -0.4 is 4.72 Å². The van der Waals surface area contributed by atoms with Gasteiger partial charge >= 0.3 is 0 Å². The molecule has 1 aromatic heterocycles. The zero-order valence-corrected chi connectivity index (χ0v) is 15.2. The number of nitrogens with one attached hydrogen (secondary N) is 1. The molecule has 8 heteroatoms. The van der Waals surface area contributed by atoms with Crippen LogP contribution in [0, 0.1) is 13.8 Å². The van der Waals surface area contributed by atoms with Crippen molar-refractivity contribution >= 4 is 21.6 Å². The van der Waals surface area contributed by atoms with E-state index in [0.29, 0.717) is 29.5 Å². The van der Waals surface area contributed by atoms with Gasteiger partial charge in [-0.15, -0.1) is 0 Å². The van der Waals surface area contributed by atoms with Crippen molar-refractivity contribution in [3.05, 3.63) is 40.7 Å². The quantitative estimate of drug-likeness (QED) is 0.859. The maximum absolute atomic E-state index is 12.6. The third-order valence-corrected chi connectivity index (χ3v) is 5.38. The van der Waals surface area contributed by atoms with E-state index in [-0.39, 0.29) is 4.90 Å². The van der Waals surface area contributed by atoms with E-state index in [2.05, 4.69) is 9.82 Å². The Morgan fingerprint density at radius 2 is 1.83 bits per heavy atom. The molecule has 0 aliphatic rings. The van der Waals surface area contributed by atoms with Crippen molar-refractivity contribution in [1.29, 1.82) is 0 Å². The van der Waals surface area contributed by atoms with Gasteiger partial charge in [0.15, 0.2) is 0 Å². The molecule has 0 fully saturated rings. The lowest BCUT2D eigenvalue weighted by molar-refractivity contribution is 0.412. The molecule has 0 saturated heterocycles. The molecule has 0 saturated carbocycles. The minimum absolute atomic E-state index is 0.228. The molecule has 0 bridgehead atoms. The largest absolute Gasteiger partial charge is 0.308 e. The Bertz CT molecular complexity index is 783. The van der Waals surface area contributed by atoms with Crippen LogP contribution in [0.3, 0.4) is 0 Å². The minimum atomic E-state index is -3.60. The van der Waals surface area contributed by atoms with E-state index < -0.39 is 10.0 Å². The van der Waals surface area contributed by atoms with Gasteiger partial charge in [0, 0.05) is 18.1 Å². The molecule has 0 atom stereocenters. The van der Waals surface area contributed by atoms with Gasteiger partial charge in [-0.1, -0.05) is 11.6 Å². The van der Waals surface area contributed by atoms with Crippen LogP contribution in [0.4, 0.5) is 0 Å². The molecule has 0 aliphatic carbocycles. The number of benzene rings is 1. The number of hydrogen-bond donors (Lipinski definition) is 1. The minimum Gasteiger partial charge on any atom is -0.308 e. The summed E-state index contributed by atoms with van der Waals surface area (Å²) in [5.41, 5.74) is 1.81. The van der Waals surface area contributed by atoms with Gasteiger partial charge in [0.2, 0.25) is 10.0 Å². The average molecular weight is 357 g/mol. The molecule has 23 heavy (non-hydrogen) atoms. The highest BCUT2D eigenvalue weighted by atomic mass is 35.5. The molecule has 0 amide bonds. The van der Waals surface area contributed by atoms with Crippen LogP contribution >= 0.6 is 11.6 Å². The Hall–Kier alpha value is -1.41. The van der Waals surface area contributed by atoms with E-state index >= 15 is 0 Å². The molecule has 0 radical (unpaired) electrons. The Balaban J connectivity index is 2.35. The van der Waals surface area contributed by atoms with E-state index in [9.17, 15) is 8.42 Å². The van der Waals surface area contributed by atoms with Crippen molar-refractivity contribution < 1.29 is 8.42 Å². The molecular formula is C15H21ClN4O2S. The fourth-order valence-corrected chi connectivity index (χ4v) is 3.86. The summed E-state index contributed by atoms with van der Waals surface area (Å²) in [4.78, 5) is 2.14. The first-order valence-corrected chi connectivity index (χ1v) is 9.05. The molecule has 126 valence electrons. The highest BCUT2D eigenvalue weighted by Gasteiger charge is 2.24. The summed E-state index contributed by atoms with van der Waals surface area (Å²) in [7, 11) is 0.186. The van der Waals surface area contributed by atoms with E-state index in [1.165, 1.54) is 0 Å². The van der Waals surface area contributed by atoms with Crippen molar-refractivity contribution in [2.75, 3.05) is 27.2 Å². The Morgan fingerprint density at radius 3 is 2.39 bits per heavy atom. The van der Waals surface area contributed by atoms with Crippen molar-refractivity contribution in [2.45, 2.75) is 18.7 Å². The third-order valence-electron chi connectivity index (χ3n) is 3.42. The van der Waals surface area contributed by atoms with Crippen molar-refractivity contribution in [3.63, 3.8) is 0 Å². The average Bonchev–Trinajstić information content (AvgIpc) is 2.74. The van der Waals surface area contributed by atoms with E-state index in [0.717, 1.165) is 5.69 Å². The molecule has 2 aromatic rings. The summed E-state index contributed by atoms with van der Waals surface area (Å²) < 4.78 is 29.3. The predicted molar refractivity (Wildman–Crippen MR) is 91.8 cm³/mol. The first-order valence-electron chi connectivity index (χ1n) is 7.19. The van der Waals surface area contributed by atoms with Crippen LogP contribution in [0.25, 0.3) is 5.69 Å². The fraction of sp³-hybridized carbons (Fsp3) is 0.400. The number of aryl methyl sites for hydroxylation is 1. The molecule has 2 rings (SSSR count). The summed E-state index contributed by atoms with van der Waals surface area (Å²) >= 11 is 5.89. The zero-order valence-electron chi connectivity index (χ0n) is 13.7. The summed E-state index contributed by atoms with van der Waals surface area (Å²) in [5.74, 6) is 0. The SMILES string of the molecule is Cc1nn(-c2ccc(Cl)cc2)c(C)c1S(=O)(=O)NCCN(C)C. The van der Waals surface area contributed by atoms with E-state index in [4.69, 9.17) is 11.6 Å². The van der Waals surface area contributed by atoms with Crippen LogP contribution in [0.1, 0.15) is 11.4 Å². The van der Waals surface area contributed by atoms with Gasteiger partial charge in [-0.25, -0.2) is 17.8 Å². The van der Waals surface area contributed by atoms with Crippen LogP contribution in [0.5, 0.6) is 0 Å².